The van der Waals surface area contributed by atoms with Crippen molar-refractivity contribution in [3.8, 4) is 0 Å². The lowest BCUT2D eigenvalue weighted by Crippen LogP contribution is -2.17. The van der Waals surface area contributed by atoms with Crippen LogP contribution in [0.5, 0.6) is 0 Å². The van der Waals surface area contributed by atoms with Gasteiger partial charge in [0.05, 0.1) is 6.04 Å². The first-order valence-electron chi connectivity index (χ1n) is 6.71. The molecule has 0 saturated heterocycles. The van der Waals surface area contributed by atoms with Crippen LogP contribution in [-0.2, 0) is 9.59 Å². The highest BCUT2D eigenvalue weighted by molar-refractivity contribution is 5.92. The molecule has 0 bridgehead atoms. The van der Waals surface area contributed by atoms with E-state index in [0.29, 0.717) is 17.8 Å². The Hall–Kier alpha value is -2.63. The maximum absolute atomic E-state index is 12.0. The number of amides is 2. The standard InChI is InChI=1S/C15H18N4O2/c1-11(19-9-3-8-16-19)10-15(21)18-14-6-4-13(5-7-14)17-12(2)20/h3-9,11H,10H2,1-2H3,(H,17,20)(H,18,21). The molecule has 0 aliphatic carbocycles. The zero-order valence-electron chi connectivity index (χ0n) is 12.0. The largest absolute Gasteiger partial charge is 0.326 e. The average Bonchev–Trinajstić information content (AvgIpc) is 2.94. The SMILES string of the molecule is CC(=O)Nc1ccc(NC(=O)CC(C)n2cccn2)cc1. The van der Waals surface area contributed by atoms with Crippen LogP contribution >= 0.6 is 0 Å². The average molecular weight is 286 g/mol. The van der Waals surface area contributed by atoms with E-state index >= 15 is 0 Å². The van der Waals surface area contributed by atoms with E-state index in [0.717, 1.165) is 0 Å². The fourth-order valence-electron chi connectivity index (χ4n) is 1.96. The summed E-state index contributed by atoms with van der Waals surface area (Å²) in [6.07, 6.45) is 3.87. The van der Waals surface area contributed by atoms with Gasteiger partial charge in [-0.1, -0.05) is 0 Å². The molecule has 1 aromatic heterocycles. The number of nitrogens with one attached hydrogen (secondary N) is 2. The molecule has 2 aromatic rings. The maximum Gasteiger partial charge on any atom is 0.226 e. The second kappa shape index (κ2) is 6.69. The van der Waals surface area contributed by atoms with E-state index in [4.69, 9.17) is 0 Å². The highest BCUT2D eigenvalue weighted by Gasteiger charge is 2.11. The van der Waals surface area contributed by atoms with E-state index in [-0.39, 0.29) is 17.9 Å². The third-order valence-electron chi connectivity index (χ3n) is 2.95. The van der Waals surface area contributed by atoms with Crippen LogP contribution < -0.4 is 10.6 Å². The molecule has 1 heterocycles. The molecule has 21 heavy (non-hydrogen) atoms. The summed E-state index contributed by atoms with van der Waals surface area (Å²) in [5, 5.41) is 9.61. The number of anilines is 2. The van der Waals surface area contributed by atoms with Gasteiger partial charge in [-0.05, 0) is 37.3 Å². The highest BCUT2D eigenvalue weighted by Crippen LogP contribution is 2.15. The Bertz CT molecular complexity index is 605. The minimum atomic E-state index is -0.125. The van der Waals surface area contributed by atoms with E-state index < -0.39 is 0 Å². The first kappa shape index (κ1) is 14.8. The zero-order valence-corrected chi connectivity index (χ0v) is 12.0. The normalized spacial score (nSPS) is 11.7. The number of carbonyl (C=O) groups excluding carboxylic acids is 2. The Kier molecular flexibility index (Phi) is 4.71. The Morgan fingerprint density at radius 1 is 1.19 bits per heavy atom. The first-order chi connectivity index (χ1) is 10.0. The van der Waals surface area contributed by atoms with Gasteiger partial charge in [-0.15, -0.1) is 0 Å². The summed E-state index contributed by atoms with van der Waals surface area (Å²) in [6.45, 7) is 3.39. The lowest BCUT2D eigenvalue weighted by molar-refractivity contribution is -0.117. The van der Waals surface area contributed by atoms with Crippen molar-refractivity contribution < 1.29 is 9.59 Å². The van der Waals surface area contributed by atoms with Gasteiger partial charge < -0.3 is 10.6 Å². The number of carbonyl (C=O) groups is 2. The third-order valence-corrected chi connectivity index (χ3v) is 2.95. The molecular formula is C15H18N4O2. The van der Waals surface area contributed by atoms with Gasteiger partial charge in [0.15, 0.2) is 0 Å². The van der Waals surface area contributed by atoms with Gasteiger partial charge in [-0.3, -0.25) is 14.3 Å². The smallest absolute Gasteiger partial charge is 0.226 e. The molecule has 0 aliphatic heterocycles. The van der Waals surface area contributed by atoms with Gasteiger partial charge in [0.2, 0.25) is 11.8 Å². The summed E-state index contributed by atoms with van der Waals surface area (Å²) in [5.41, 5.74) is 1.40. The Labute approximate surface area is 123 Å². The summed E-state index contributed by atoms with van der Waals surface area (Å²) in [5.74, 6) is -0.204. The van der Waals surface area contributed by atoms with Crippen molar-refractivity contribution in [2.75, 3.05) is 10.6 Å². The van der Waals surface area contributed by atoms with Crippen molar-refractivity contribution in [3.63, 3.8) is 0 Å². The van der Waals surface area contributed by atoms with Gasteiger partial charge in [0.1, 0.15) is 0 Å². The molecule has 6 heteroatoms. The number of hydrogen-bond donors (Lipinski definition) is 2. The molecule has 0 saturated carbocycles. The Morgan fingerprint density at radius 2 is 1.81 bits per heavy atom. The van der Waals surface area contributed by atoms with Gasteiger partial charge in [-0.25, -0.2) is 0 Å². The van der Waals surface area contributed by atoms with Crippen LogP contribution in [0.25, 0.3) is 0 Å². The minimum absolute atomic E-state index is 0.00125. The summed E-state index contributed by atoms with van der Waals surface area (Å²) in [7, 11) is 0. The number of hydrogen-bond acceptors (Lipinski definition) is 3. The Morgan fingerprint density at radius 3 is 2.33 bits per heavy atom. The van der Waals surface area contributed by atoms with Crippen molar-refractivity contribution in [2.24, 2.45) is 0 Å². The summed E-state index contributed by atoms with van der Waals surface area (Å²) in [4.78, 5) is 22.9. The molecule has 6 nitrogen and oxygen atoms in total. The van der Waals surface area contributed by atoms with Crippen molar-refractivity contribution in [1.82, 2.24) is 9.78 Å². The van der Waals surface area contributed by atoms with E-state index in [1.807, 2.05) is 19.2 Å². The van der Waals surface area contributed by atoms with Crippen LogP contribution in [-0.4, -0.2) is 21.6 Å². The van der Waals surface area contributed by atoms with E-state index in [2.05, 4.69) is 15.7 Å². The number of rotatable bonds is 5. The second-order valence-electron chi connectivity index (χ2n) is 4.85. The van der Waals surface area contributed by atoms with Crippen molar-refractivity contribution >= 4 is 23.2 Å². The van der Waals surface area contributed by atoms with Crippen LogP contribution in [0, 0.1) is 0 Å². The molecule has 1 atom stereocenters. The molecular weight excluding hydrogens is 268 g/mol. The molecule has 110 valence electrons. The van der Waals surface area contributed by atoms with E-state index in [9.17, 15) is 9.59 Å². The summed E-state index contributed by atoms with van der Waals surface area (Å²) < 4.78 is 1.75. The second-order valence-corrected chi connectivity index (χ2v) is 4.85. The molecule has 1 unspecified atom stereocenters. The fraction of sp³-hybridized carbons (Fsp3) is 0.267. The molecule has 0 radical (unpaired) electrons. The number of aromatic nitrogens is 2. The Balaban J connectivity index is 1.89. The highest BCUT2D eigenvalue weighted by atomic mass is 16.2. The van der Waals surface area contributed by atoms with Crippen LogP contribution in [0.2, 0.25) is 0 Å². The number of benzene rings is 1. The quantitative estimate of drug-likeness (QED) is 0.886. The van der Waals surface area contributed by atoms with Crippen LogP contribution in [0.1, 0.15) is 26.3 Å². The molecule has 1 aromatic carbocycles. The first-order valence-corrected chi connectivity index (χ1v) is 6.71. The predicted molar refractivity (Wildman–Crippen MR) is 80.9 cm³/mol. The van der Waals surface area contributed by atoms with Gasteiger partial charge in [0.25, 0.3) is 0 Å². The third kappa shape index (κ3) is 4.45. The summed E-state index contributed by atoms with van der Waals surface area (Å²) >= 11 is 0. The predicted octanol–water partition coefficient (Wildman–Crippen LogP) is 2.43. The molecule has 2 N–H and O–H groups in total. The van der Waals surface area contributed by atoms with Crippen LogP contribution in [0.4, 0.5) is 11.4 Å². The van der Waals surface area contributed by atoms with E-state index in [1.165, 1.54) is 6.92 Å². The molecule has 2 rings (SSSR count). The molecule has 0 fully saturated rings. The van der Waals surface area contributed by atoms with Gasteiger partial charge in [-0.2, -0.15) is 5.10 Å². The zero-order chi connectivity index (χ0) is 15.2. The van der Waals surface area contributed by atoms with Crippen LogP contribution in [0.3, 0.4) is 0 Å². The lowest BCUT2D eigenvalue weighted by atomic mass is 10.2. The van der Waals surface area contributed by atoms with Gasteiger partial charge >= 0.3 is 0 Å². The number of nitrogens with zero attached hydrogens (tertiary/aromatic N) is 2. The molecule has 0 spiro atoms. The van der Waals surface area contributed by atoms with Crippen molar-refractivity contribution in [1.29, 1.82) is 0 Å². The van der Waals surface area contributed by atoms with E-state index in [1.54, 1.807) is 35.1 Å². The van der Waals surface area contributed by atoms with Crippen molar-refractivity contribution in [2.45, 2.75) is 26.3 Å². The lowest BCUT2D eigenvalue weighted by Gasteiger charge is -2.12. The maximum atomic E-state index is 12.0. The summed E-state index contributed by atoms with van der Waals surface area (Å²) in [6, 6.07) is 8.82. The van der Waals surface area contributed by atoms with Crippen LogP contribution in [0.15, 0.2) is 42.7 Å². The molecule has 2 amide bonds. The minimum Gasteiger partial charge on any atom is -0.326 e. The van der Waals surface area contributed by atoms with Crippen molar-refractivity contribution in [3.05, 3.63) is 42.7 Å². The fourth-order valence-corrected chi connectivity index (χ4v) is 1.96. The monoisotopic (exact) mass is 286 g/mol. The topological polar surface area (TPSA) is 76.0 Å². The molecule has 0 aliphatic rings. The van der Waals surface area contributed by atoms with Gasteiger partial charge in [0, 0.05) is 37.1 Å².